The second kappa shape index (κ2) is 7.38. The van der Waals surface area contributed by atoms with Gasteiger partial charge >= 0.3 is 0 Å². The predicted molar refractivity (Wildman–Crippen MR) is 102 cm³/mol. The Morgan fingerprint density at radius 2 is 0.960 bits per heavy atom. The van der Waals surface area contributed by atoms with Crippen molar-refractivity contribution < 1.29 is 0 Å². The van der Waals surface area contributed by atoms with Gasteiger partial charge in [0.2, 0.25) is 0 Å². The fourth-order valence-corrected chi connectivity index (χ4v) is 3.40. The molecule has 1 heterocycles. The van der Waals surface area contributed by atoms with E-state index in [9.17, 15) is 0 Å². The van der Waals surface area contributed by atoms with Gasteiger partial charge in [0.05, 0.1) is 18.5 Å². The summed E-state index contributed by atoms with van der Waals surface area (Å²) in [7, 11) is 0. The summed E-state index contributed by atoms with van der Waals surface area (Å²) in [6.07, 6.45) is 0.0728. The zero-order valence-corrected chi connectivity index (χ0v) is 14.4. The number of nitrogens with one attached hydrogen (secondary N) is 3. The molecule has 1 aliphatic heterocycles. The second-order valence-electron chi connectivity index (χ2n) is 6.18. The van der Waals surface area contributed by atoms with Gasteiger partial charge in [-0.2, -0.15) is 0 Å². The monoisotopic (exact) mass is 349 g/mol. The van der Waals surface area contributed by atoms with E-state index in [4.69, 9.17) is 11.6 Å². The van der Waals surface area contributed by atoms with E-state index in [1.807, 2.05) is 30.3 Å². The average Bonchev–Trinajstić information content (AvgIpc) is 2.69. The molecule has 3 nitrogen and oxygen atoms in total. The summed E-state index contributed by atoms with van der Waals surface area (Å²) in [5.74, 6) is 0. The van der Waals surface area contributed by atoms with Gasteiger partial charge in [-0.25, -0.2) is 0 Å². The van der Waals surface area contributed by atoms with Crippen LogP contribution in [-0.4, -0.2) is 0 Å². The van der Waals surface area contributed by atoms with Crippen molar-refractivity contribution in [3.8, 4) is 0 Å². The van der Waals surface area contributed by atoms with Crippen molar-refractivity contribution in [3.05, 3.63) is 107 Å². The third-order valence-corrected chi connectivity index (χ3v) is 4.68. The zero-order chi connectivity index (χ0) is 17.1. The summed E-state index contributed by atoms with van der Waals surface area (Å²) < 4.78 is 0. The molecule has 0 amide bonds. The molecule has 2 unspecified atom stereocenters. The van der Waals surface area contributed by atoms with Crippen LogP contribution in [0.4, 0.5) is 0 Å². The van der Waals surface area contributed by atoms with Gasteiger partial charge < -0.3 is 0 Å². The van der Waals surface area contributed by atoms with Crippen LogP contribution in [0.2, 0.25) is 5.02 Å². The number of benzene rings is 3. The van der Waals surface area contributed by atoms with Crippen LogP contribution in [0.25, 0.3) is 0 Å². The number of halogens is 1. The molecule has 1 aliphatic rings. The lowest BCUT2D eigenvalue weighted by atomic mass is 10.0. The van der Waals surface area contributed by atoms with Crippen LogP contribution in [0, 0.1) is 0 Å². The Bertz CT molecular complexity index is 775. The molecule has 1 saturated heterocycles. The first-order valence-electron chi connectivity index (χ1n) is 8.43. The third kappa shape index (κ3) is 3.75. The van der Waals surface area contributed by atoms with Gasteiger partial charge in [-0.15, -0.1) is 0 Å². The minimum absolute atomic E-state index is 0.00429. The van der Waals surface area contributed by atoms with Crippen molar-refractivity contribution in [3.63, 3.8) is 0 Å². The standard InChI is InChI=1S/C21H20ClN3/c22-18-13-7-12-17(14-18)21-24-19(15-8-3-1-4-9-15)23-20(25-21)16-10-5-2-6-11-16/h1-14,19-21,23-25H. The van der Waals surface area contributed by atoms with E-state index in [1.165, 1.54) is 11.1 Å². The van der Waals surface area contributed by atoms with Crippen molar-refractivity contribution in [2.45, 2.75) is 18.5 Å². The van der Waals surface area contributed by atoms with Gasteiger partial charge in [0.1, 0.15) is 0 Å². The maximum Gasteiger partial charge on any atom is 0.0865 e. The van der Waals surface area contributed by atoms with E-state index in [1.54, 1.807) is 0 Å². The van der Waals surface area contributed by atoms with Gasteiger partial charge in [0.25, 0.3) is 0 Å². The van der Waals surface area contributed by atoms with E-state index in [-0.39, 0.29) is 18.5 Å². The van der Waals surface area contributed by atoms with E-state index >= 15 is 0 Å². The molecule has 3 aromatic carbocycles. The average molecular weight is 350 g/mol. The van der Waals surface area contributed by atoms with Crippen molar-refractivity contribution in [1.82, 2.24) is 16.0 Å². The number of rotatable bonds is 3. The molecule has 0 saturated carbocycles. The molecule has 4 rings (SSSR count). The van der Waals surface area contributed by atoms with Crippen molar-refractivity contribution in [2.24, 2.45) is 0 Å². The highest BCUT2D eigenvalue weighted by molar-refractivity contribution is 6.30. The van der Waals surface area contributed by atoms with Gasteiger partial charge in [-0.1, -0.05) is 84.4 Å². The molecule has 25 heavy (non-hydrogen) atoms. The topological polar surface area (TPSA) is 36.1 Å². The molecule has 2 atom stereocenters. The Balaban J connectivity index is 1.67. The SMILES string of the molecule is Clc1cccc(C2NC(c3ccccc3)NC(c3ccccc3)N2)c1. The second-order valence-corrected chi connectivity index (χ2v) is 6.61. The zero-order valence-electron chi connectivity index (χ0n) is 13.7. The fourth-order valence-electron chi connectivity index (χ4n) is 3.20. The molecular formula is C21H20ClN3. The minimum atomic E-state index is -0.00429. The minimum Gasteiger partial charge on any atom is -0.279 e. The molecule has 126 valence electrons. The smallest absolute Gasteiger partial charge is 0.0865 e. The van der Waals surface area contributed by atoms with Gasteiger partial charge in [-0.05, 0) is 28.8 Å². The summed E-state index contributed by atoms with van der Waals surface area (Å²) in [6, 6.07) is 28.8. The summed E-state index contributed by atoms with van der Waals surface area (Å²) in [5, 5.41) is 11.7. The lowest BCUT2D eigenvalue weighted by molar-refractivity contribution is 0.203. The van der Waals surface area contributed by atoms with E-state index in [0.29, 0.717) is 0 Å². The Labute approximate surface area is 153 Å². The van der Waals surface area contributed by atoms with Crippen LogP contribution in [0.15, 0.2) is 84.9 Å². The molecular weight excluding hydrogens is 330 g/mol. The van der Waals surface area contributed by atoms with E-state index in [0.717, 1.165) is 10.6 Å². The van der Waals surface area contributed by atoms with Crippen molar-refractivity contribution >= 4 is 11.6 Å². The lowest BCUT2D eigenvalue weighted by Crippen LogP contribution is -2.54. The molecule has 0 bridgehead atoms. The third-order valence-electron chi connectivity index (χ3n) is 4.45. The number of hydrogen-bond acceptors (Lipinski definition) is 3. The maximum absolute atomic E-state index is 6.20. The van der Waals surface area contributed by atoms with E-state index in [2.05, 4.69) is 70.5 Å². The number of hydrogen-bond donors (Lipinski definition) is 3. The Kier molecular flexibility index (Phi) is 4.81. The molecule has 0 aromatic heterocycles. The highest BCUT2D eigenvalue weighted by Crippen LogP contribution is 2.27. The van der Waals surface area contributed by atoms with Crippen molar-refractivity contribution in [1.29, 1.82) is 0 Å². The maximum atomic E-state index is 6.20. The Morgan fingerprint density at radius 1 is 0.520 bits per heavy atom. The molecule has 0 aliphatic carbocycles. The van der Waals surface area contributed by atoms with Gasteiger partial charge in [0.15, 0.2) is 0 Å². The summed E-state index contributed by atoms with van der Waals surface area (Å²) >= 11 is 6.20. The van der Waals surface area contributed by atoms with Crippen LogP contribution >= 0.6 is 11.6 Å². The summed E-state index contributed by atoms with van der Waals surface area (Å²) in [6.45, 7) is 0. The first-order chi connectivity index (χ1) is 12.3. The largest absolute Gasteiger partial charge is 0.279 e. The molecule has 1 fully saturated rings. The Hall–Kier alpha value is -2.17. The fraction of sp³-hybridized carbons (Fsp3) is 0.143. The van der Waals surface area contributed by atoms with Crippen molar-refractivity contribution in [2.75, 3.05) is 0 Å². The molecule has 4 heteroatoms. The van der Waals surface area contributed by atoms with Crippen LogP contribution in [-0.2, 0) is 0 Å². The first-order valence-corrected chi connectivity index (χ1v) is 8.81. The molecule has 3 N–H and O–H groups in total. The van der Waals surface area contributed by atoms with Gasteiger partial charge in [0, 0.05) is 5.02 Å². The van der Waals surface area contributed by atoms with Gasteiger partial charge in [-0.3, -0.25) is 16.0 Å². The van der Waals surface area contributed by atoms with Crippen LogP contribution in [0.3, 0.4) is 0 Å². The molecule has 3 aromatic rings. The highest BCUT2D eigenvalue weighted by atomic mass is 35.5. The van der Waals surface area contributed by atoms with Crippen LogP contribution < -0.4 is 16.0 Å². The molecule has 0 spiro atoms. The molecule has 0 radical (unpaired) electrons. The Morgan fingerprint density at radius 3 is 1.44 bits per heavy atom. The summed E-state index contributed by atoms with van der Waals surface area (Å²) in [5.41, 5.74) is 3.53. The highest BCUT2D eigenvalue weighted by Gasteiger charge is 2.29. The summed E-state index contributed by atoms with van der Waals surface area (Å²) in [4.78, 5) is 0. The lowest BCUT2D eigenvalue weighted by Gasteiger charge is -2.39. The quantitative estimate of drug-likeness (QED) is 0.650. The normalized spacial score (nSPS) is 23.3. The first kappa shape index (κ1) is 16.3. The van der Waals surface area contributed by atoms with Crippen LogP contribution in [0.5, 0.6) is 0 Å². The van der Waals surface area contributed by atoms with E-state index < -0.39 is 0 Å². The predicted octanol–water partition coefficient (Wildman–Crippen LogP) is 4.52. The van der Waals surface area contributed by atoms with Crippen LogP contribution in [0.1, 0.15) is 35.2 Å².